The Morgan fingerprint density at radius 3 is 1.69 bits per heavy atom. The third-order valence-corrected chi connectivity index (χ3v) is 6.92. The van der Waals surface area contributed by atoms with Gasteiger partial charge in [0.25, 0.3) is 5.91 Å². The van der Waals surface area contributed by atoms with Crippen molar-refractivity contribution in [1.82, 2.24) is 0 Å². The Morgan fingerprint density at radius 2 is 1.09 bits per heavy atom. The molecule has 1 amide bonds. The maximum absolute atomic E-state index is 13.8. The summed E-state index contributed by atoms with van der Waals surface area (Å²) >= 11 is 0. The van der Waals surface area contributed by atoms with Gasteiger partial charge in [-0.15, -0.1) is 0 Å². The van der Waals surface area contributed by atoms with Crippen LogP contribution in [0.3, 0.4) is 0 Å². The van der Waals surface area contributed by atoms with E-state index in [0.29, 0.717) is 42.6 Å². The monoisotopic (exact) mass is 601 g/mol. The lowest BCUT2D eigenvalue weighted by molar-refractivity contribution is -0.145. The molecule has 0 saturated carbocycles. The first kappa shape index (κ1) is 30.9. The average molecular weight is 602 g/mol. The zero-order chi connectivity index (χ0) is 31.4. The van der Waals surface area contributed by atoms with Crippen LogP contribution in [0.1, 0.15) is 40.9 Å². The second-order valence-electron chi connectivity index (χ2n) is 10.4. The first-order valence-electron chi connectivity index (χ1n) is 14.7. The van der Waals surface area contributed by atoms with Gasteiger partial charge in [0.1, 0.15) is 37.1 Å². The third-order valence-electron chi connectivity index (χ3n) is 6.92. The molecule has 5 rings (SSSR count). The lowest BCUT2D eigenvalue weighted by atomic mass is 10.1. The first-order chi connectivity index (χ1) is 21.9. The number of hydrogen-bond acceptors (Lipinski definition) is 6. The molecule has 0 aliphatic heterocycles. The van der Waals surface area contributed by atoms with E-state index < -0.39 is 12.2 Å². The van der Waals surface area contributed by atoms with E-state index in [1.54, 1.807) is 49.4 Å². The Hall–Kier alpha value is -5.56. The molecule has 0 aromatic heterocycles. The topological polar surface area (TPSA) is 74.3 Å². The molecular formula is C38H35NO6. The zero-order valence-electron chi connectivity index (χ0n) is 25.3. The standard InChI is InChI=1S/C38H35NO6/c1-28(45-29(2)40)39(34-16-10-18-37(24-34)44-26-31-13-7-4-8-14-31)38(41)33-19-21-35(22-20-33)42-27-32-15-9-17-36(23-32)43-25-30-11-5-3-6-12-30/h3-24,28H,25-27H2,1-2H3. The van der Waals surface area contributed by atoms with E-state index in [-0.39, 0.29) is 5.91 Å². The minimum atomic E-state index is -0.855. The fourth-order valence-corrected chi connectivity index (χ4v) is 4.71. The molecule has 45 heavy (non-hydrogen) atoms. The maximum Gasteiger partial charge on any atom is 0.304 e. The molecule has 0 saturated heterocycles. The molecule has 1 atom stereocenters. The van der Waals surface area contributed by atoms with Gasteiger partial charge in [0, 0.05) is 18.6 Å². The molecule has 0 aliphatic carbocycles. The van der Waals surface area contributed by atoms with Crippen molar-refractivity contribution in [3.05, 3.63) is 156 Å². The summed E-state index contributed by atoms with van der Waals surface area (Å²) in [6.45, 7) is 4.17. The van der Waals surface area contributed by atoms with Crippen LogP contribution in [0.4, 0.5) is 5.69 Å². The van der Waals surface area contributed by atoms with Crippen molar-refractivity contribution in [3.63, 3.8) is 0 Å². The van der Waals surface area contributed by atoms with Crippen LogP contribution in [0.5, 0.6) is 17.2 Å². The number of carbonyl (C=O) groups excluding carboxylic acids is 2. The molecule has 7 heteroatoms. The van der Waals surface area contributed by atoms with Crippen molar-refractivity contribution in [1.29, 1.82) is 0 Å². The van der Waals surface area contributed by atoms with Crippen molar-refractivity contribution < 1.29 is 28.5 Å². The van der Waals surface area contributed by atoms with Crippen molar-refractivity contribution in [2.75, 3.05) is 4.90 Å². The van der Waals surface area contributed by atoms with Crippen molar-refractivity contribution >= 4 is 17.6 Å². The second kappa shape index (κ2) is 15.3. The summed E-state index contributed by atoms with van der Waals surface area (Å²) in [5.74, 6) is 1.13. The molecular weight excluding hydrogens is 566 g/mol. The third kappa shape index (κ3) is 8.97. The van der Waals surface area contributed by atoms with E-state index in [2.05, 4.69) is 0 Å². The van der Waals surface area contributed by atoms with Crippen molar-refractivity contribution in [3.8, 4) is 17.2 Å². The summed E-state index contributed by atoms with van der Waals surface area (Å²) in [6, 6.07) is 41.6. The van der Waals surface area contributed by atoms with Gasteiger partial charge in [-0.3, -0.25) is 14.5 Å². The molecule has 0 spiro atoms. The number of carbonyl (C=O) groups is 2. The Labute approximate surface area is 263 Å². The number of benzene rings is 5. The van der Waals surface area contributed by atoms with Gasteiger partial charge < -0.3 is 18.9 Å². The van der Waals surface area contributed by atoms with Gasteiger partial charge in [0.05, 0.1) is 5.69 Å². The predicted octanol–water partition coefficient (Wildman–Crippen LogP) is 7.98. The van der Waals surface area contributed by atoms with Crippen LogP contribution >= 0.6 is 0 Å². The zero-order valence-corrected chi connectivity index (χ0v) is 25.3. The van der Waals surface area contributed by atoms with E-state index in [1.807, 2.05) is 91.0 Å². The van der Waals surface area contributed by atoms with E-state index in [9.17, 15) is 9.59 Å². The van der Waals surface area contributed by atoms with Gasteiger partial charge in [-0.05, 0) is 72.1 Å². The van der Waals surface area contributed by atoms with Crippen LogP contribution in [0, 0.1) is 0 Å². The minimum absolute atomic E-state index is 0.334. The molecule has 0 aliphatic rings. The number of anilines is 1. The Balaban J connectivity index is 1.24. The van der Waals surface area contributed by atoms with Gasteiger partial charge in [0.15, 0.2) is 6.23 Å². The van der Waals surface area contributed by atoms with Gasteiger partial charge >= 0.3 is 5.97 Å². The first-order valence-corrected chi connectivity index (χ1v) is 14.7. The molecule has 5 aromatic carbocycles. The highest BCUT2D eigenvalue weighted by Gasteiger charge is 2.26. The summed E-state index contributed by atoms with van der Waals surface area (Å²) in [5.41, 5.74) is 4.02. The molecule has 0 heterocycles. The highest BCUT2D eigenvalue weighted by atomic mass is 16.6. The van der Waals surface area contributed by atoms with Gasteiger partial charge in [-0.2, -0.15) is 0 Å². The SMILES string of the molecule is CC(=O)OC(C)N(C(=O)c1ccc(OCc2cccc(OCc3ccccc3)c2)cc1)c1cccc(OCc2ccccc2)c1. The maximum atomic E-state index is 13.8. The number of nitrogens with zero attached hydrogens (tertiary/aromatic N) is 1. The summed E-state index contributed by atoms with van der Waals surface area (Å²) in [6.07, 6.45) is -0.855. The molecule has 5 aromatic rings. The van der Waals surface area contributed by atoms with Crippen molar-refractivity contribution in [2.24, 2.45) is 0 Å². The van der Waals surface area contributed by atoms with E-state index in [4.69, 9.17) is 18.9 Å². The lowest BCUT2D eigenvalue weighted by Crippen LogP contribution is -2.41. The number of esters is 1. The van der Waals surface area contributed by atoms with Crippen LogP contribution < -0.4 is 19.1 Å². The smallest absolute Gasteiger partial charge is 0.304 e. The van der Waals surface area contributed by atoms with Crippen LogP contribution in [0.25, 0.3) is 0 Å². The van der Waals surface area contributed by atoms with Crippen molar-refractivity contribution in [2.45, 2.75) is 39.9 Å². The van der Waals surface area contributed by atoms with E-state index >= 15 is 0 Å². The largest absolute Gasteiger partial charge is 0.489 e. The average Bonchev–Trinajstić information content (AvgIpc) is 3.07. The summed E-state index contributed by atoms with van der Waals surface area (Å²) in [7, 11) is 0. The molecule has 0 fully saturated rings. The molecule has 0 radical (unpaired) electrons. The number of amides is 1. The Bertz CT molecular complexity index is 1690. The second-order valence-corrected chi connectivity index (χ2v) is 10.4. The van der Waals surface area contributed by atoms with E-state index in [0.717, 1.165) is 22.4 Å². The summed E-state index contributed by atoms with van der Waals surface area (Å²) in [5, 5.41) is 0. The molecule has 0 N–H and O–H groups in total. The van der Waals surface area contributed by atoms with Crippen LogP contribution in [-0.4, -0.2) is 18.1 Å². The summed E-state index contributed by atoms with van der Waals surface area (Å²) in [4.78, 5) is 27.1. The highest BCUT2D eigenvalue weighted by molar-refractivity contribution is 6.06. The Kier molecular flexibility index (Phi) is 10.5. The molecule has 228 valence electrons. The van der Waals surface area contributed by atoms with Gasteiger partial charge in [0.2, 0.25) is 0 Å². The number of hydrogen-bond donors (Lipinski definition) is 0. The van der Waals surface area contributed by atoms with E-state index in [1.165, 1.54) is 11.8 Å². The minimum Gasteiger partial charge on any atom is -0.489 e. The normalized spacial score (nSPS) is 11.2. The van der Waals surface area contributed by atoms with Gasteiger partial charge in [-0.1, -0.05) is 78.9 Å². The fourth-order valence-electron chi connectivity index (χ4n) is 4.71. The van der Waals surface area contributed by atoms with Crippen LogP contribution in [0.2, 0.25) is 0 Å². The molecule has 7 nitrogen and oxygen atoms in total. The lowest BCUT2D eigenvalue weighted by Gasteiger charge is -2.29. The van der Waals surface area contributed by atoms with Crippen LogP contribution in [-0.2, 0) is 29.4 Å². The molecule has 1 unspecified atom stereocenters. The fraction of sp³-hybridized carbons (Fsp3) is 0.158. The molecule has 0 bridgehead atoms. The number of ether oxygens (including phenoxy) is 4. The Morgan fingerprint density at radius 1 is 0.578 bits per heavy atom. The van der Waals surface area contributed by atoms with Crippen LogP contribution in [0.15, 0.2) is 133 Å². The predicted molar refractivity (Wildman–Crippen MR) is 173 cm³/mol. The summed E-state index contributed by atoms with van der Waals surface area (Å²) < 4.78 is 23.3. The quantitative estimate of drug-likeness (QED) is 0.101. The highest BCUT2D eigenvalue weighted by Crippen LogP contribution is 2.27. The van der Waals surface area contributed by atoms with Gasteiger partial charge in [-0.25, -0.2) is 0 Å². The number of rotatable bonds is 13.